The average molecular weight is 530 g/mol. The van der Waals surface area contributed by atoms with Gasteiger partial charge in [0.05, 0.1) is 23.8 Å². The number of halogens is 5. The van der Waals surface area contributed by atoms with Crippen LogP contribution in [0.1, 0.15) is 45.7 Å². The third-order valence-electron chi connectivity index (χ3n) is 6.15. The second kappa shape index (κ2) is 10.2. The zero-order valence-electron chi connectivity index (χ0n) is 20.7. The fourth-order valence-electron chi connectivity index (χ4n) is 4.08. The second-order valence-electron chi connectivity index (χ2n) is 9.00. The fraction of sp³-hybridized carbons (Fsp3) is 0.222. The van der Waals surface area contributed by atoms with Gasteiger partial charge in [0.2, 0.25) is 5.62 Å². The van der Waals surface area contributed by atoms with Gasteiger partial charge in [-0.1, -0.05) is 6.07 Å². The van der Waals surface area contributed by atoms with Crippen molar-refractivity contribution in [1.82, 2.24) is 19.4 Å². The van der Waals surface area contributed by atoms with Gasteiger partial charge in [-0.15, -0.1) is 0 Å². The normalized spacial score (nSPS) is 12.4. The SMILES string of the molecule is Cc1cc(F)ccc1-c1cc(Cn2ccn(C)c2=N)cc(C(=O)NC(C)c2ccc(F)c(C(F)(F)F)c2)n1. The van der Waals surface area contributed by atoms with E-state index >= 15 is 0 Å². The number of hydrogen-bond donors (Lipinski definition) is 2. The molecule has 38 heavy (non-hydrogen) atoms. The Labute approximate surface area is 214 Å². The lowest BCUT2D eigenvalue weighted by Gasteiger charge is -2.17. The van der Waals surface area contributed by atoms with Crippen LogP contribution in [0.3, 0.4) is 0 Å². The number of nitrogens with one attached hydrogen (secondary N) is 2. The highest BCUT2D eigenvalue weighted by Crippen LogP contribution is 2.33. The molecule has 6 nitrogen and oxygen atoms in total. The zero-order valence-corrected chi connectivity index (χ0v) is 20.7. The molecule has 0 aliphatic carbocycles. The minimum atomic E-state index is -4.88. The summed E-state index contributed by atoms with van der Waals surface area (Å²) >= 11 is 0. The minimum Gasteiger partial charge on any atom is -0.344 e. The third-order valence-corrected chi connectivity index (χ3v) is 6.15. The van der Waals surface area contributed by atoms with Crippen molar-refractivity contribution >= 4 is 5.91 Å². The summed E-state index contributed by atoms with van der Waals surface area (Å²) in [6.07, 6.45) is -1.46. The van der Waals surface area contributed by atoms with Crippen LogP contribution in [0.2, 0.25) is 0 Å². The predicted molar refractivity (Wildman–Crippen MR) is 130 cm³/mol. The molecule has 2 N–H and O–H groups in total. The summed E-state index contributed by atoms with van der Waals surface area (Å²) in [5.74, 6) is -2.49. The van der Waals surface area contributed by atoms with Crippen LogP contribution in [0.15, 0.2) is 60.9 Å². The van der Waals surface area contributed by atoms with Crippen molar-refractivity contribution in [3.05, 3.63) is 106 Å². The van der Waals surface area contributed by atoms with Crippen molar-refractivity contribution in [2.75, 3.05) is 0 Å². The minimum absolute atomic E-state index is 0.0192. The maximum Gasteiger partial charge on any atom is 0.419 e. The molecule has 0 saturated heterocycles. The Kier molecular flexibility index (Phi) is 7.21. The number of imidazole rings is 1. The van der Waals surface area contributed by atoms with E-state index in [1.807, 2.05) is 0 Å². The summed E-state index contributed by atoms with van der Waals surface area (Å²) in [4.78, 5) is 17.6. The van der Waals surface area contributed by atoms with Crippen LogP contribution < -0.4 is 10.9 Å². The van der Waals surface area contributed by atoms with E-state index in [4.69, 9.17) is 5.41 Å². The molecular formula is C27H24F5N5O. The first-order valence-corrected chi connectivity index (χ1v) is 11.5. The molecule has 0 radical (unpaired) electrons. The van der Waals surface area contributed by atoms with Gasteiger partial charge >= 0.3 is 6.18 Å². The van der Waals surface area contributed by atoms with Gasteiger partial charge < -0.3 is 14.5 Å². The van der Waals surface area contributed by atoms with Crippen molar-refractivity contribution in [2.24, 2.45) is 7.05 Å². The van der Waals surface area contributed by atoms with Crippen molar-refractivity contribution in [2.45, 2.75) is 32.6 Å². The van der Waals surface area contributed by atoms with Gasteiger partial charge in [-0.3, -0.25) is 10.2 Å². The number of rotatable bonds is 6. The van der Waals surface area contributed by atoms with Crippen molar-refractivity contribution in [3.63, 3.8) is 0 Å². The first-order chi connectivity index (χ1) is 17.8. The lowest BCUT2D eigenvalue weighted by molar-refractivity contribution is -0.140. The monoisotopic (exact) mass is 529 g/mol. The van der Waals surface area contributed by atoms with Crippen LogP contribution in [0.4, 0.5) is 22.0 Å². The number of aryl methyl sites for hydroxylation is 2. The molecule has 0 aliphatic rings. The third kappa shape index (κ3) is 5.66. The molecule has 2 heterocycles. The highest BCUT2D eigenvalue weighted by Gasteiger charge is 2.34. The van der Waals surface area contributed by atoms with E-state index in [0.29, 0.717) is 34.5 Å². The van der Waals surface area contributed by atoms with Gasteiger partial charge in [0.1, 0.15) is 17.3 Å². The van der Waals surface area contributed by atoms with E-state index in [1.54, 1.807) is 47.6 Å². The fourth-order valence-corrected chi connectivity index (χ4v) is 4.08. The Morgan fingerprint density at radius 3 is 2.45 bits per heavy atom. The number of hydrogen-bond acceptors (Lipinski definition) is 3. The van der Waals surface area contributed by atoms with Crippen molar-refractivity contribution in [1.29, 1.82) is 5.41 Å². The molecule has 0 bridgehead atoms. The molecule has 4 aromatic rings. The highest BCUT2D eigenvalue weighted by atomic mass is 19.4. The number of carbonyl (C=O) groups is 1. The molecule has 1 amide bonds. The first kappa shape index (κ1) is 26.8. The Morgan fingerprint density at radius 2 is 1.82 bits per heavy atom. The maximum absolute atomic E-state index is 13.7. The van der Waals surface area contributed by atoms with Gasteiger partial charge in [0.25, 0.3) is 5.91 Å². The van der Waals surface area contributed by atoms with Gasteiger partial charge in [-0.25, -0.2) is 13.8 Å². The zero-order chi connectivity index (χ0) is 27.8. The van der Waals surface area contributed by atoms with Crippen LogP contribution in [-0.2, 0) is 19.8 Å². The topological polar surface area (TPSA) is 75.7 Å². The number of carbonyl (C=O) groups excluding carboxylic acids is 1. The van der Waals surface area contributed by atoms with E-state index < -0.39 is 35.3 Å². The molecule has 0 fully saturated rings. The van der Waals surface area contributed by atoms with Crippen molar-refractivity contribution in [3.8, 4) is 11.3 Å². The summed E-state index contributed by atoms with van der Waals surface area (Å²) < 4.78 is 70.2. The van der Waals surface area contributed by atoms with Gasteiger partial charge in [-0.2, -0.15) is 13.2 Å². The van der Waals surface area contributed by atoms with E-state index in [0.717, 1.165) is 0 Å². The summed E-state index contributed by atoms with van der Waals surface area (Å²) in [6, 6.07) is 9.08. The number of aromatic nitrogens is 3. The molecule has 1 atom stereocenters. The average Bonchev–Trinajstić information content (AvgIpc) is 3.15. The number of amides is 1. The molecular weight excluding hydrogens is 505 g/mol. The number of nitrogens with zero attached hydrogens (tertiary/aromatic N) is 3. The van der Waals surface area contributed by atoms with Crippen molar-refractivity contribution < 1.29 is 26.7 Å². The standard InChI is InChI=1S/C27H24F5N5O/c1-15-10-19(28)5-6-20(15)23-11-17(14-37-9-8-36(3)26(37)33)12-24(35-23)25(38)34-16(2)18-4-7-22(29)21(13-18)27(30,31)32/h4-13,16,33H,14H2,1-3H3,(H,34,38). The first-order valence-electron chi connectivity index (χ1n) is 11.5. The Morgan fingerprint density at radius 1 is 1.08 bits per heavy atom. The number of benzene rings is 2. The quantitative estimate of drug-likeness (QED) is 0.323. The lowest BCUT2D eigenvalue weighted by atomic mass is 10.0. The molecule has 2 aromatic carbocycles. The summed E-state index contributed by atoms with van der Waals surface area (Å²) in [7, 11) is 1.72. The van der Waals surface area contributed by atoms with E-state index in [9.17, 15) is 26.7 Å². The second-order valence-corrected chi connectivity index (χ2v) is 9.00. The van der Waals surface area contributed by atoms with Crippen LogP contribution >= 0.6 is 0 Å². The molecule has 0 spiro atoms. The van der Waals surface area contributed by atoms with Gasteiger partial charge in [-0.05, 0) is 73.0 Å². The number of pyridine rings is 1. The van der Waals surface area contributed by atoms with Gasteiger partial charge in [0.15, 0.2) is 0 Å². The Bertz CT molecular complexity index is 1570. The van der Waals surface area contributed by atoms with Crippen LogP contribution in [0, 0.1) is 24.0 Å². The molecule has 198 valence electrons. The Balaban J connectivity index is 1.70. The summed E-state index contributed by atoms with van der Waals surface area (Å²) in [5, 5.41) is 10.8. The smallest absolute Gasteiger partial charge is 0.344 e. The molecule has 11 heteroatoms. The highest BCUT2D eigenvalue weighted by molar-refractivity contribution is 5.93. The Hall–Kier alpha value is -4.28. The van der Waals surface area contributed by atoms with E-state index in [2.05, 4.69) is 10.3 Å². The summed E-state index contributed by atoms with van der Waals surface area (Å²) in [6.45, 7) is 3.42. The molecule has 0 aliphatic heterocycles. The molecule has 1 unspecified atom stereocenters. The van der Waals surface area contributed by atoms with Crippen LogP contribution in [0.5, 0.6) is 0 Å². The molecule has 0 saturated carbocycles. The van der Waals surface area contributed by atoms with Crippen LogP contribution in [-0.4, -0.2) is 20.0 Å². The molecule has 2 aromatic heterocycles. The van der Waals surface area contributed by atoms with E-state index in [1.165, 1.54) is 31.2 Å². The lowest BCUT2D eigenvalue weighted by Crippen LogP contribution is -2.28. The van der Waals surface area contributed by atoms with Crippen LogP contribution in [0.25, 0.3) is 11.3 Å². The van der Waals surface area contributed by atoms with Gasteiger partial charge in [0, 0.05) is 25.0 Å². The predicted octanol–water partition coefficient (Wildman–Crippen LogP) is 5.51. The molecule has 4 rings (SSSR count). The largest absolute Gasteiger partial charge is 0.419 e. The summed E-state index contributed by atoms with van der Waals surface area (Å²) in [5.41, 5.74) is 1.05. The maximum atomic E-state index is 13.7. The number of alkyl halides is 3. The van der Waals surface area contributed by atoms with E-state index in [-0.39, 0.29) is 23.4 Å².